The average Bonchev–Trinajstić information content (AvgIpc) is 3.79. The van der Waals surface area contributed by atoms with Gasteiger partial charge >= 0.3 is 41.9 Å². The van der Waals surface area contributed by atoms with E-state index < -0.39 is 0 Å². The van der Waals surface area contributed by atoms with Crippen molar-refractivity contribution >= 4 is 27.0 Å². The fourth-order valence-electron chi connectivity index (χ4n) is 7.55. The number of fused-ring (bicyclic) bond motifs is 2. The van der Waals surface area contributed by atoms with Crippen LogP contribution in [-0.2, 0) is 29.8 Å². The molecule has 0 spiro atoms. The third-order valence-electron chi connectivity index (χ3n) is 11.3. The van der Waals surface area contributed by atoms with Gasteiger partial charge in [0.1, 0.15) is 0 Å². The SMILES string of the molecule is CCC(C)c1ccc(-c2cccc3[cH-]c(C4CCC(C)CC4)cc23)cc1.CCc1cc2c(-c3ccc(C(C)CC)cc3)cccc2[cH-]1.C[Si](C)=[Zr+2].[Cl-].[Cl-]. The van der Waals surface area contributed by atoms with Crippen LogP contribution in [0.1, 0.15) is 120 Å². The molecule has 0 aromatic heterocycles. The third kappa shape index (κ3) is 11.9. The molecule has 1 saturated carbocycles. The second kappa shape index (κ2) is 21.8. The molecule has 0 N–H and O–H groups in total. The molecule has 2 unspecified atom stereocenters. The van der Waals surface area contributed by atoms with Crippen molar-refractivity contribution in [3.8, 4) is 22.3 Å². The van der Waals surface area contributed by atoms with E-state index in [1.54, 1.807) is 28.9 Å². The van der Waals surface area contributed by atoms with Crippen LogP contribution in [0.3, 0.4) is 0 Å². The van der Waals surface area contributed by atoms with Crippen molar-refractivity contribution < 1.29 is 48.1 Å². The summed E-state index contributed by atoms with van der Waals surface area (Å²) in [5.41, 5.74) is 11.5. The average molecular weight is 839 g/mol. The van der Waals surface area contributed by atoms with E-state index in [9.17, 15) is 0 Å². The van der Waals surface area contributed by atoms with Crippen LogP contribution >= 0.6 is 0 Å². The molecule has 0 saturated heterocycles. The van der Waals surface area contributed by atoms with Crippen LogP contribution in [0, 0.1) is 5.92 Å². The van der Waals surface area contributed by atoms with Gasteiger partial charge in [-0.3, -0.25) is 0 Å². The smallest absolute Gasteiger partial charge is 1.00 e. The van der Waals surface area contributed by atoms with Crippen molar-refractivity contribution in [2.75, 3.05) is 0 Å². The first-order chi connectivity index (χ1) is 24.6. The van der Waals surface area contributed by atoms with E-state index >= 15 is 0 Å². The fourth-order valence-corrected chi connectivity index (χ4v) is 7.55. The summed E-state index contributed by atoms with van der Waals surface area (Å²) < 4.78 is 0. The fraction of sp³-hybridized carbons (Fsp3) is 0.388. The minimum atomic E-state index is 0. The Morgan fingerprint density at radius 3 is 1.51 bits per heavy atom. The molecule has 0 bridgehead atoms. The maximum atomic E-state index is 2.48. The van der Waals surface area contributed by atoms with Crippen LogP contribution in [0.2, 0.25) is 13.1 Å². The first kappa shape index (κ1) is 45.2. The molecule has 1 aliphatic carbocycles. The molecule has 0 amide bonds. The van der Waals surface area contributed by atoms with Crippen molar-refractivity contribution in [3.63, 3.8) is 0 Å². The van der Waals surface area contributed by atoms with Gasteiger partial charge in [-0.15, -0.1) is 69.1 Å². The van der Waals surface area contributed by atoms with Crippen molar-refractivity contribution in [3.05, 3.63) is 131 Å². The largest absolute Gasteiger partial charge is 1.00 e. The summed E-state index contributed by atoms with van der Waals surface area (Å²) in [4.78, 5) is 0. The number of halogens is 2. The minimum Gasteiger partial charge on any atom is -1.00 e. The number of benzene rings is 4. The zero-order valence-electron chi connectivity index (χ0n) is 33.4. The van der Waals surface area contributed by atoms with Crippen LogP contribution in [-0.4, -0.2) is 5.43 Å². The van der Waals surface area contributed by atoms with E-state index in [4.69, 9.17) is 0 Å². The summed E-state index contributed by atoms with van der Waals surface area (Å²) in [6, 6.07) is 41.3. The van der Waals surface area contributed by atoms with Gasteiger partial charge < -0.3 is 24.8 Å². The zero-order valence-corrected chi connectivity index (χ0v) is 38.4. The van der Waals surface area contributed by atoms with Crippen LogP contribution in [0.25, 0.3) is 43.8 Å². The number of aryl methyl sites for hydroxylation is 1. The van der Waals surface area contributed by atoms with Gasteiger partial charge in [-0.25, -0.2) is 0 Å². The summed E-state index contributed by atoms with van der Waals surface area (Å²) >= 11 is 1.74. The van der Waals surface area contributed by atoms with E-state index in [0.717, 1.165) is 18.3 Å². The van der Waals surface area contributed by atoms with Gasteiger partial charge in [0.15, 0.2) is 0 Å². The Hall–Kier alpha value is -2.22. The topological polar surface area (TPSA) is 0 Å². The van der Waals surface area contributed by atoms with E-state index in [1.807, 2.05) is 0 Å². The molecule has 0 radical (unpaired) electrons. The van der Waals surface area contributed by atoms with E-state index in [-0.39, 0.29) is 30.2 Å². The first-order valence-electron chi connectivity index (χ1n) is 19.7. The first-order valence-corrected chi connectivity index (χ1v) is 25.9. The Kier molecular flexibility index (Phi) is 18.5. The van der Waals surface area contributed by atoms with Gasteiger partial charge in [0.25, 0.3) is 0 Å². The second-order valence-corrected chi connectivity index (χ2v) is 24.8. The molecule has 6 aromatic carbocycles. The zero-order chi connectivity index (χ0) is 36.5. The molecular weight excluding hydrogens is 779 g/mol. The Morgan fingerprint density at radius 1 is 0.642 bits per heavy atom. The Bertz CT molecular complexity index is 1990. The van der Waals surface area contributed by atoms with Gasteiger partial charge in [0, 0.05) is 0 Å². The standard InChI is InChI=1S/C26H31.C21H23.C2H6Si.2ClH.Zr/c1-4-19(3)20-12-14-22(15-13-20)25-7-5-6-23-16-24(17-26(23)25)21-10-8-18(2)9-11-21;1-4-15(3)17-9-11-18(12-10-17)20-8-6-7-19-13-16(5-2)14-21(19)20;1-3-2;;;/h5-7,12-19,21H,4,8-11H2,1-3H3;6-15H,4-5H2,1-3H3;1-2H3;2*1H;/q2*-1;;;;+2/p-2. The monoisotopic (exact) mass is 836 g/mol. The van der Waals surface area contributed by atoms with Crippen LogP contribution in [0.15, 0.2) is 109 Å². The van der Waals surface area contributed by atoms with E-state index in [2.05, 4.69) is 164 Å². The van der Waals surface area contributed by atoms with Gasteiger partial charge in [0.05, 0.1) is 0 Å². The maximum absolute atomic E-state index is 2.48. The quantitative estimate of drug-likeness (QED) is 0.106. The minimum absolute atomic E-state index is 0. The molecule has 53 heavy (non-hydrogen) atoms. The molecule has 7 rings (SSSR count). The van der Waals surface area contributed by atoms with Gasteiger partial charge in [0.2, 0.25) is 0 Å². The molecular formula is C49H60Cl2SiZr-2. The van der Waals surface area contributed by atoms with Crippen LogP contribution in [0.4, 0.5) is 0 Å². The predicted octanol–water partition coefficient (Wildman–Crippen LogP) is 9.13. The molecule has 2 atom stereocenters. The number of hydrogen-bond donors (Lipinski definition) is 0. The third-order valence-corrected chi connectivity index (χ3v) is 11.3. The van der Waals surface area contributed by atoms with E-state index in [0.29, 0.717) is 11.8 Å². The molecule has 6 aromatic rings. The predicted molar refractivity (Wildman–Crippen MR) is 225 cm³/mol. The molecule has 4 heteroatoms. The molecule has 1 fully saturated rings. The van der Waals surface area contributed by atoms with Crippen molar-refractivity contribution in [1.82, 2.24) is 0 Å². The summed E-state index contributed by atoms with van der Waals surface area (Å²) in [6.45, 7) is 18.3. The van der Waals surface area contributed by atoms with Crippen LogP contribution < -0.4 is 24.8 Å². The van der Waals surface area contributed by atoms with Gasteiger partial charge in [-0.1, -0.05) is 126 Å². The van der Waals surface area contributed by atoms with Crippen LogP contribution in [0.5, 0.6) is 0 Å². The summed E-state index contributed by atoms with van der Waals surface area (Å²) in [5.74, 6) is 2.95. The Labute approximate surface area is 349 Å². The Balaban J connectivity index is 0.000000255. The normalized spacial score (nSPS) is 16.3. The summed E-state index contributed by atoms with van der Waals surface area (Å²) in [6.07, 6.45) is 8.97. The van der Waals surface area contributed by atoms with Gasteiger partial charge in [-0.2, -0.15) is 12.1 Å². The Morgan fingerprint density at radius 2 is 1.08 bits per heavy atom. The second-order valence-electron chi connectivity index (χ2n) is 15.4. The van der Waals surface area contributed by atoms with Crippen molar-refractivity contribution in [2.24, 2.45) is 5.92 Å². The molecule has 0 aliphatic heterocycles. The van der Waals surface area contributed by atoms with Crippen molar-refractivity contribution in [1.29, 1.82) is 0 Å². The summed E-state index contributed by atoms with van der Waals surface area (Å²) in [7, 11) is 0. The van der Waals surface area contributed by atoms with E-state index in [1.165, 1.54) is 99.0 Å². The van der Waals surface area contributed by atoms with Gasteiger partial charge in [-0.05, 0) is 78.0 Å². The number of rotatable bonds is 8. The maximum Gasteiger partial charge on any atom is -1.00 e. The molecule has 0 nitrogen and oxygen atoms in total. The molecule has 0 heterocycles. The molecule has 280 valence electrons. The number of hydrogen-bond acceptors (Lipinski definition) is 0. The summed E-state index contributed by atoms with van der Waals surface area (Å²) in [5, 5.41) is 5.57. The molecule has 1 aliphatic rings. The van der Waals surface area contributed by atoms with Crippen molar-refractivity contribution in [2.45, 2.75) is 117 Å².